The van der Waals surface area contributed by atoms with E-state index in [4.69, 9.17) is 16.3 Å². The first-order chi connectivity index (χ1) is 13.9. The Kier molecular flexibility index (Phi) is 7.00. The van der Waals surface area contributed by atoms with Crippen molar-refractivity contribution in [2.24, 2.45) is 0 Å². The number of carbonyl (C=O) groups excluding carboxylic acids is 3. The molecule has 2 amide bonds. The molecule has 0 saturated carbocycles. The number of nitrogens with zero attached hydrogens (tertiary/aromatic N) is 1. The van der Waals surface area contributed by atoms with Gasteiger partial charge in [-0.3, -0.25) is 19.3 Å². The van der Waals surface area contributed by atoms with Gasteiger partial charge in [-0.2, -0.15) is 0 Å². The van der Waals surface area contributed by atoms with Gasteiger partial charge in [0.15, 0.2) is 0 Å². The molecule has 9 heteroatoms. The Hall–Kier alpha value is -2.29. The molecular formula is C20H15BrClNO5S. The van der Waals surface area contributed by atoms with Crippen molar-refractivity contribution in [2.45, 2.75) is 6.61 Å². The summed E-state index contributed by atoms with van der Waals surface area (Å²) in [5.74, 6) is -0.699. The Morgan fingerprint density at radius 3 is 2.72 bits per heavy atom. The summed E-state index contributed by atoms with van der Waals surface area (Å²) in [6.07, 6.45) is 1.56. The molecule has 0 radical (unpaired) electrons. The standard InChI is InChI=1S/C20H15BrClNO5S/c1-27-18(24)10-23-19(25)17(29-20(23)26)9-13-8-14(21)6-7-16(13)28-11-12-4-2-3-5-15(12)22/h2-9H,10-11H2,1H3. The number of thioether (sulfide) groups is 1. The first-order valence-electron chi connectivity index (χ1n) is 8.37. The van der Waals surface area contributed by atoms with Crippen molar-refractivity contribution in [1.29, 1.82) is 0 Å². The second kappa shape index (κ2) is 9.47. The third kappa shape index (κ3) is 5.20. The highest BCUT2D eigenvalue weighted by atomic mass is 79.9. The van der Waals surface area contributed by atoms with Gasteiger partial charge in [-0.15, -0.1) is 0 Å². The van der Waals surface area contributed by atoms with Crippen LogP contribution in [0.1, 0.15) is 11.1 Å². The molecule has 1 aliphatic heterocycles. The molecule has 0 aromatic heterocycles. The van der Waals surface area contributed by atoms with Gasteiger partial charge in [-0.25, -0.2) is 0 Å². The Balaban J connectivity index is 1.84. The molecule has 6 nitrogen and oxygen atoms in total. The molecule has 29 heavy (non-hydrogen) atoms. The van der Waals surface area contributed by atoms with Crippen LogP contribution in [0.5, 0.6) is 5.75 Å². The van der Waals surface area contributed by atoms with Crippen molar-refractivity contribution in [2.75, 3.05) is 13.7 Å². The van der Waals surface area contributed by atoms with Gasteiger partial charge in [0.25, 0.3) is 11.1 Å². The third-order valence-electron chi connectivity index (χ3n) is 3.99. The lowest BCUT2D eigenvalue weighted by molar-refractivity contribution is -0.143. The fraction of sp³-hybridized carbons (Fsp3) is 0.150. The molecule has 0 N–H and O–H groups in total. The molecule has 0 bridgehead atoms. The van der Waals surface area contributed by atoms with Crippen LogP contribution in [0.2, 0.25) is 5.02 Å². The van der Waals surface area contributed by atoms with Crippen molar-refractivity contribution in [3.8, 4) is 5.75 Å². The maximum atomic E-state index is 12.5. The lowest BCUT2D eigenvalue weighted by Crippen LogP contribution is -2.34. The summed E-state index contributed by atoms with van der Waals surface area (Å²) in [7, 11) is 1.20. The highest BCUT2D eigenvalue weighted by Gasteiger charge is 2.36. The monoisotopic (exact) mass is 495 g/mol. The molecule has 1 saturated heterocycles. The van der Waals surface area contributed by atoms with Crippen molar-refractivity contribution < 1.29 is 23.9 Å². The summed E-state index contributed by atoms with van der Waals surface area (Å²) in [6.45, 7) is -0.182. The summed E-state index contributed by atoms with van der Waals surface area (Å²) in [5, 5.41) is 0.0651. The van der Waals surface area contributed by atoms with E-state index in [0.717, 1.165) is 26.7 Å². The summed E-state index contributed by atoms with van der Waals surface area (Å²) in [5.41, 5.74) is 1.43. The van der Waals surface area contributed by atoms with E-state index >= 15 is 0 Å². The van der Waals surface area contributed by atoms with Crippen LogP contribution in [0.3, 0.4) is 0 Å². The summed E-state index contributed by atoms with van der Waals surface area (Å²) in [6, 6.07) is 12.7. The third-order valence-corrected chi connectivity index (χ3v) is 5.76. The van der Waals surface area contributed by atoms with E-state index in [1.54, 1.807) is 24.3 Å². The number of hydrogen-bond donors (Lipinski definition) is 0. The second-order valence-electron chi connectivity index (χ2n) is 5.91. The molecule has 2 aromatic carbocycles. The quantitative estimate of drug-likeness (QED) is 0.419. The largest absolute Gasteiger partial charge is 0.488 e. The number of methoxy groups -OCH3 is 1. The molecule has 1 aliphatic rings. The predicted octanol–water partition coefficient (Wildman–Crippen LogP) is 4.89. The highest BCUT2D eigenvalue weighted by molar-refractivity contribution is 9.10. The number of imide groups is 1. The van der Waals surface area contributed by atoms with Crippen molar-refractivity contribution in [1.82, 2.24) is 4.90 Å². The fourth-order valence-electron chi connectivity index (χ4n) is 2.51. The lowest BCUT2D eigenvalue weighted by atomic mass is 10.1. The van der Waals surface area contributed by atoms with Crippen LogP contribution in [0, 0.1) is 0 Å². The minimum absolute atomic E-state index is 0.194. The van der Waals surface area contributed by atoms with Gasteiger partial charge in [0, 0.05) is 20.6 Å². The number of benzene rings is 2. The zero-order chi connectivity index (χ0) is 21.0. The van der Waals surface area contributed by atoms with Gasteiger partial charge < -0.3 is 9.47 Å². The normalized spacial score (nSPS) is 15.1. The number of hydrogen-bond acceptors (Lipinski definition) is 6. The maximum absolute atomic E-state index is 12.5. The van der Waals surface area contributed by atoms with Gasteiger partial charge in [0.2, 0.25) is 0 Å². The Morgan fingerprint density at radius 2 is 2.00 bits per heavy atom. The van der Waals surface area contributed by atoms with E-state index in [9.17, 15) is 14.4 Å². The number of amides is 2. The first kappa shape index (κ1) is 21.4. The topological polar surface area (TPSA) is 72.9 Å². The molecule has 0 atom stereocenters. The van der Waals surface area contributed by atoms with E-state index in [-0.39, 0.29) is 11.5 Å². The average molecular weight is 497 g/mol. The number of carbonyl (C=O) groups is 3. The molecule has 0 spiro atoms. The number of esters is 1. The van der Waals surface area contributed by atoms with E-state index in [0.29, 0.717) is 16.3 Å². The number of ether oxygens (including phenoxy) is 2. The fourth-order valence-corrected chi connectivity index (χ4v) is 3.90. The van der Waals surface area contributed by atoms with Crippen LogP contribution < -0.4 is 4.74 Å². The van der Waals surface area contributed by atoms with E-state index in [2.05, 4.69) is 20.7 Å². The summed E-state index contributed by atoms with van der Waals surface area (Å²) >= 11 is 10.3. The van der Waals surface area contributed by atoms with Crippen molar-refractivity contribution >= 4 is 62.5 Å². The SMILES string of the molecule is COC(=O)CN1C(=O)SC(=Cc2cc(Br)ccc2OCc2ccccc2Cl)C1=O. The predicted molar refractivity (Wildman–Crippen MR) is 115 cm³/mol. The summed E-state index contributed by atoms with van der Waals surface area (Å²) in [4.78, 5) is 37.1. The van der Waals surface area contributed by atoms with Crippen LogP contribution in [-0.2, 0) is 20.9 Å². The second-order valence-corrected chi connectivity index (χ2v) is 8.22. The lowest BCUT2D eigenvalue weighted by Gasteiger charge is -2.12. The van der Waals surface area contributed by atoms with E-state index in [1.165, 1.54) is 7.11 Å². The number of halogens is 2. The first-order valence-corrected chi connectivity index (χ1v) is 10.4. The molecule has 0 unspecified atom stereocenters. The average Bonchev–Trinajstić information content (AvgIpc) is 2.95. The smallest absolute Gasteiger partial charge is 0.325 e. The number of rotatable bonds is 6. The zero-order valence-corrected chi connectivity index (χ0v) is 18.3. The molecule has 1 heterocycles. The van der Waals surface area contributed by atoms with E-state index in [1.807, 2.05) is 24.3 Å². The van der Waals surface area contributed by atoms with Crippen LogP contribution in [0.15, 0.2) is 51.8 Å². The van der Waals surface area contributed by atoms with Crippen LogP contribution in [0.4, 0.5) is 4.79 Å². The van der Waals surface area contributed by atoms with Crippen LogP contribution >= 0.6 is 39.3 Å². The van der Waals surface area contributed by atoms with Gasteiger partial charge in [0.05, 0.1) is 12.0 Å². The minimum atomic E-state index is -0.667. The molecule has 2 aromatic rings. The molecule has 0 aliphatic carbocycles. The van der Waals surface area contributed by atoms with Crippen molar-refractivity contribution in [3.63, 3.8) is 0 Å². The van der Waals surface area contributed by atoms with Crippen LogP contribution in [-0.4, -0.2) is 35.7 Å². The van der Waals surface area contributed by atoms with Crippen molar-refractivity contribution in [3.05, 3.63) is 68.0 Å². The highest BCUT2D eigenvalue weighted by Crippen LogP contribution is 2.35. The van der Waals surface area contributed by atoms with Crippen LogP contribution in [0.25, 0.3) is 6.08 Å². The van der Waals surface area contributed by atoms with Gasteiger partial charge in [-0.1, -0.05) is 45.7 Å². The Morgan fingerprint density at radius 1 is 1.24 bits per heavy atom. The minimum Gasteiger partial charge on any atom is -0.488 e. The maximum Gasteiger partial charge on any atom is 0.325 e. The Labute approximate surface area is 184 Å². The van der Waals surface area contributed by atoms with Gasteiger partial charge >= 0.3 is 5.97 Å². The molecule has 3 rings (SSSR count). The van der Waals surface area contributed by atoms with Gasteiger partial charge in [-0.05, 0) is 42.1 Å². The van der Waals surface area contributed by atoms with Gasteiger partial charge in [0.1, 0.15) is 18.9 Å². The zero-order valence-electron chi connectivity index (χ0n) is 15.2. The molecular weight excluding hydrogens is 482 g/mol. The molecule has 150 valence electrons. The van der Waals surface area contributed by atoms with E-state index < -0.39 is 23.7 Å². The molecule has 1 fully saturated rings. The Bertz CT molecular complexity index is 1010. The summed E-state index contributed by atoms with van der Waals surface area (Å²) < 4.78 is 11.2.